The second-order valence-electron chi connectivity index (χ2n) is 5.15. The Bertz CT molecular complexity index is 665. The van der Waals surface area contributed by atoms with E-state index < -0.39 is 0 Å². The molecular formula is C16H19ClN2O2S. The monoisotopic (exact) mass is 338 g/mol. The number of ether oxygens (including phenoxy) is 1. The lowest BCUT2D eigenvalue weighted by Crippen LogP contribution is -2.16. The Hall–Kier alpha value is -1.56. The molecule has 1 aromatic heterocycles. The van der Waals surface area contributed by atoms with Crippen molar-refractivity contribution in [2.75, 3.05) is 18.5 Å². The van der Waals surface area contributed by atoms with Crippen LogP contribution in [0, 0.1) is 13.8 Å². The maximum atomic E-state index is 12.3. The number of thiophene rings is 1. The van der Waals surface area contributed by atoms with Crippen LogP contribution in [0.15, 0.2) is 24.3 Å². The zero-order chi connectivity index (χ0) is 14.8. The van der Waals surface area contributed by atoms with Gasteiger partial charge in [0.05, 0.1) is 4.88 Å². The van der Waals surface area contributed by atoms with Crippen molar-refractivity contribution in [3.8, 4) is 5.75 Å². The van der Waals surface area contributed by atoms with Crippen LogP contribution in [-0.2, 0) is 6.54 Å². The third kappa shape index (κ3) is 3.61. The molecule has 0 spiro atoms. The minimum Gasteiger partial charge on any atom is -0.492 e. The number of hydrogen-bond acceptors (Lipinski definition) is 4. The largest absolute Gasteiger partial charge is 0.492 e. The molecule has 1 aromatic carbocycles. The average Bonchev–Trinajstić information content (AvgIpc) is 2.68. The van der Waals surface area contributed by atoms with Crippen LogP contribution in [0.3, 0.4) is 0 Å². The van der Waals surface area contributed by atoms with E-state index >= 15 is 0 Å². The number of fused-ring (bicyclic) bond motifs is 1. The summed E-state index contributed by atoms with van der Waals surface area (Å²) in [7, 11) is 0. The normalized spacial score (nSPS) is 13.4. The summed E-state index contributed by atoms with van der Waals surface area (Å²) >= 11 is 1.52. The van der Waals surface area contributed by atoms with Crippen LogP contribution in [0.2, 0.25) is 0 Å². The van der Waals surface area contributed by atoms with Gasteiger partial charge < -0.3 is 15.4 Å². The van der Waals surface area contributed by atoms with Crippen LogP contribution in [-0.4, -0.2) is 19.1 Å². The fraction of sp³-hybridized carbons (Fsp3) is 0.312. The van der Waals surface area contributed by atoms with Crippen molar-refractivity contribution in [3.63, 3.8) is 0 Å². The van der Waals surface area contributed by atoms with Crippen molar-refractivity contribution in [1.82, 2.24) is 5.32 Å². The molecule has 118 valence electrons. The Labute approximate surface area is 140 Å². The Morgan fingerprint density at radius 2 is 2.14 bits per heavy atom. The molecule has 0 saturated carbocycles. The molecule has 0 radical (unpaired) electrons. The molecule has 0 saturated heterocycles. The van der Waals surface area contributed by atoms with E-state index in [0.717, 1.165) is 40.5 Å². The molecule has 0 aliphatic carbocycles. The maximum Gasteiger partial charge on any atom is 0.265 e. The molecule has 2 aromatic rings. The second-order valence-corrected chi connectivity index (χ2v) is 6.41. The number of anilines is 1. The molecule has 0 atom stereocenters. The van der Waals surface area contributed by atoms with E-state index in [0.29, 0.717) is 6.61 Å². The van der Waals surface area contributed by atoms with Gasteiger partial charge in [0, 0.05) is 29.2 Å². The summed E-state index contributed by atoms with van der Waals surface area (Å²) in [6, 6.07) is 7.71. The Morgan fingerprint density at radius 3 is 2.86 bits per heavy atom. The van der Waals surface area contributed by atoms with Gasteiger partial charge in [0.15, 0.2) is 0 Å². The first-order chi connectivity index (χ1) is 10.1. The number of aryl methyl sites for hydroxylation is 2. The molecule has 2 N–H and O–H groups in total. The molecular weight excluding hydrogens is 320 g/mol. The highest BCUT2D eigenvalue weighted by molar-refractivity contribution is 7.14. The molecule has 1 amide bonds. The number of hydrogen-bond donors (Lipinski definition) is 2. The molecule has 6 heteroatoms. The van der Waals surface area contributed by atoms with Crippen molar-refractivity contribution < 1.29 is 9.53 Å². The zero-order valence-electron chi connectivity index (χ0n) is 12.6. The van der Waals surface area contributed by atoms with E-state index in [1.807, 2.05) is 38.1 Å². The summed E-state index contributed by atoms with van der Waals surface area (Å²) in [6.07, 6.45) is 0. The minimum atomic E-state index is -0.0568. The Kier molecular flexibility index (Phi) is 5.45. The third-order valence-corrected chi connectivity index (χ3v) is 4.71. The van der Waals surface area contributed by atoms with Gasteiger partial charge in [-0.25, -0.2) is 0 Å². The fourth-order valence-electron chi connectivity index (χ4n) is 2.27. The number of amides is 1. The standard InChI is InChI=1S/C16H18N2O2S.ClH/c1-10-7-15(21-11(10)2)16(19)18-13-3-4-14-12(8-13)9-17-5-6-20-14;/h3-4,7-8,17H,5-6,9H2,1-2H3,(H,18,19);1H. The lowest BCUT2D eigenvalue weighted by molar-refractivity contribution is 0.103. The van der Waals surface area contributed by atoms with Gasteiger partial charge in [-0.05, 0) is 43.7 Å². The fourth-order valence-corrected chi connectivity index (χ4v) is 3.20. The third-order valence-electron chi connectivity index (χ3n) is 3.56. The maximum absolute atomic E-state index is 12.3. The first-order valence-electron chi connectivity index (χ1n) is 6.98. The van der Waals surface area contributed by atoms with Crippen LogP contribution in [0.5, 0.6) is 5.75 Å². The van der Waals surface area contributed by atoms with Crippen molar-refractivity contribution in [1.29, 1.82) is 0 Å². The number of nitrogens with one attached hydrogen (secondary N) is 2. The van der Waals surface area contributed by atoms with E-state index in [1.54, 1.807) is 0 Å². The molecule has 22 heavy (non-hydrogen) atoms. The first-order valence-corrected chi connectivity index (χ1v) is 7.80. The zero-order valence-corrected chi connectivity index (χ0v) is 14.2. The van der Waals surface area contributed by atoms with Crippen molar-refractivity contribution in [2.45, 2.75) is 20.4 Å². The smallest absolute Gasteiger partial charge is 0.265 e. The van der Waals surface area contributed by atoms with Crippen molar-refractivity contribution in [3.05, 3.63) is 45.1 Å². The predicted octanol–water partition coefficient (Wildman–Crippen LogP) is 3.52. The summed E-state index contributed by atoms with van der Waals surface area (Å²) in [4.78, 5) is 14.2. The molecule has 4 nitrogen and oxygen atoms in total. The second kappa shape index (κ2) is 7.13. The van der Waals surface area contributed by atoms with Gasteiger partial charge >= 0.3 is 0 Å². The quantitative estimate of drug-likeness (QED) is 0.880. The topological polar surface area (TPSA) is 50.4 Å². The molecule has 0 unspecified atom stereocenters. The molecule has 0 fully saturated rings. The van der Waals surface area contributed by atoms with Gasteiger partial charge in [0.25, 0.3) is 5.91 Å². The molecule has 3 rings (SSSR count). The number of carbonyl (C=O) groups excluding carboxylic acids is 1. The van der Waals surface area contributed by atoms with Crippen LogP contribution in [0.4, 0.5) is 5.69 Å². The number of benzene rings is 1. The molecule has 0 bridgehead atoms. The highest BCUT2D eigenvalue weighted by Gasteiger charge is 2.13. The van der Waals surface area contributed by atoms with Gasteiger partial charge in [0.1, 0.15) is 12.4 Å². The van der Waals surface area contributed by atoms with E-state index in [1.165, 1.54) is 16.2 Å². The van der Waals surface area contributed by atoms with Gasteiger partial charge in [-0.1, -0.05) is 0 Å². The summed E-state index contributed by atoms with van der Waals surface area (Å²) < 4.78 is 5.64. The molecule has 1 aliphatic rings. The Balaban J connectivity index is 0.00000176. The summed E-state index contributed by atoms with van der Waals surface area (Å²) in [6.45, 7) is 6.32. The predicted molar refractivity (Wildman–Crippen MR) is 92.6 cm³/mol. The molecule has 1 aliphatic heterocycles. The lowest BCUT2D eigenvalue weighted by atomic mass is 10.1. The first kappa shape index (κ1) is 16.8. The van der Waals surface area contributed by atoms with E-state index in [4.69, 9.17) is 4.74 Å². The van der Waals surface area contributed by atoms with Crippen LogP contribution >= 0.6 is 23.7 Å². The summed E-state index contributed by atoms with van der Waals surface area (Å²) in [5, 5.41) is 6.25. The van der Waals surface area contributed by atoms with Crippen molar-refractivity contribution >= 4 is 35.3 Å². The van der Waals surface area contributed by atoms with Gasteiger partial charge in [0.2, 0.25) is 0 Å². The number of rotatable bonds is 2. The van der Waals surface area contributed by atoms with Crippen molar-refractivity contribution in [2.24, 2.45) is 0 Å². The van der Waals surface area contributed by atoms with Gasteiger partial charge in [-0.2, -0.15) is 0 Å². The van der Waals surface area contributed by atoms with E-state index in [2.05, 4.69) is 10.6 Å². The van der Waals surface area contributed by atoms with Crippen LogP contribution < -0.4 is 15.4 Å². The summed E-state index contributed by atoms with van der Waals surface area (Å²) in [5.74, 6) is 0.833. The van der Waals surface area contributed by atoms with E-state index in [-0.39, 0.29) is 18.3 Å². The highest BCUT2D eigenvalue weighted by Crippen LogP contribution is 2.26. The minimum absolute atomic E-state index is 0. The average molecular weight is 339 g/mol. The number of carbonyl (C=O) groups is 1. The van der Waals surface area contributed by atoms with Gasteiger partial charge in [-0.3, -0.25) is 4.79 Å². The highest BCUT2D eigenvalue weighted by atomic mass is 35.5. The lowest BCUT2D eigenvalue weighted by Gasteiger charge is -2.09. The summed E-state index contributed by atoms with van der Waals surface area (Å²) in [5.41, 5.74) is 3.03. The SMILES string of the molecule is Cc1cc(C(=O)Nc2ccc3c(c2)CNCCO3)sc1C.Cl. The van der Waals surface area contributed by atoms with Crippen LogP contribution in [0.25, 0.3) is 0 Å². The van der Waals surface area contributed by atoms with Gasteiger partial charge in [-0.15, -0.1) is 23.7 Å². The van der Waals surface area contributed by atoms with Crippen LogP contribution in [0.1, 0.15) is 25.7 Å². The number of halogens is 1. The molecule has 2 heterocycles. The Morgan fingerprint density at radius 1 is 1.32 bits per heavy atom. The van der Waals surface area contributed by atoms with E-state index in [9.17, 15) is 4.79 Å².